The van der Waals surface area contributed by atoms with E-state index in [0.29, 0.717) is 19.3 Å². The molecule has 0 radical (unpaired) electrons. The summed E-state index contributed by atoms with van der Waals surface area (Å²) >= 11 is 0. The van der Waals surface area contributed by atoms with E-state index in [-0.39, 0.29) is 18.2 Å². The van der Waals surface area contributed by atoms with Crippen LogP contribution in [0.3, 0.4) is 0 Å². The van der Waals surface area contributed by atoms with Crippen molar-refractivity contribution in [2.24, 2.45) is 22.2 Å². The number of allylic oxidation sites excluding steroid dienone is 2. The summed E-state index contributed by atoms with van der Waals surface area (Å²) in [5, 5.41) is 0. The number of methoxy groups -OCH3 is 1. The highest BCUT2D eigenvalue weighted by Gasteiger charge is 2.80. The molecule has 3 aliphatic heterocycles. The second-order valence-electron chi connectivity index (χ2n) is 11.3. The van der Waals surface area contributed by atoms with Gasteiger partial charge < -0.3 is 18.9 Å². The maximum Gasteiger partial charge on any atom is 0.320 e. The third kappa shape index (κ3) is 2.47. The first-order valence-corrected chi connectivity index (χ1v) is 11.9. The molecular formula is C26H32O8. The van der Waals surface area contributed by atoms with E-state index in [0.717, 1.165) is 22.3 Å². The van der Waals surface area contributed by atoms with Crippen LogP contribution in [0.4, 0.5) is 0 Å². The molecule has 8 heteroatoms. The lowest BCUT2D eigenvalue weighted by atomic mass is 9.40. The summed E-state index contributed by atoms with van der Waals surface area (Å²) in [7, 11) is 1.28. The van der Waals surface area contributed by atoms with Crippen LogP contribution in [0.5, 0.6) is 0 Å². The summed E-state index contributed by atoms with van der Waals surface area (Å²) in [4.78, 5) is 53.7. The fraction of sp³-hybridized carbons (Fsp3) is 0.692. The molecule has 34 heavy (non-hydrogen) atoms. The monoisotopic (exact) mass is 472 g/mol. The standard InChI is InChI=1S/C26H32O8/c1-12-14-10-17(27)34-23(3,4)15(14)8-9-25(6)16(12)11-24(5)18-20(33-21(24)29)32-13(2)19(28)26(18,25)22(30)31-7/h13,18,20H,8-11H2,1-7H3/t13-,18-,20-,24-,25+,26+/m1/s1. The third-order valence-corrected chi connectivity index (χ3v) is 9.36. The van der Waals surface area contributed by atoms with Gasteiger partial charge in [0.15, 0.2) is 5.78 Å². The summed E-state index contributed by atoms with van der Waals surface area (Å²) in [6, 6.07) is 0. The number of esters is 3. The Balaban J connectivity index is 1.85. The largest absolute Gasteiger partial charge is 0.468 e. The zero-order chi connectivity index (χ0) is 25.0. The average Bonchev–Trinajstić information content (AvgIpc) is 2.93. The maximum absolute atomic E-state index is 14.1. The van der Waals surface area contributed by atoms with Crippen LogP contribution in [0.1, 0.15) is 67.2 Å². The zero-order valence-electron chi connectivity index (χ0n) is 20.8. The van der Waals surface area contributed by atoms with Crippen molar-refractivity contribution in [1.82, 2.24) is 0 Å². The van der Waals surface area contributed by atoms with Crippen LogP contribution >= 0.6 is 0 Å². The van der Waals surface area contributed by atoms with Crippen LogP contribution in [0.25, 0.3) is 0 Å². The molecule has 6 atom stereocenters. The van der Waals surface area contributed by atoms with Crippen molar-refractivity contribution in [3.63, 3.8) is 0 Å². The molecule has 1 saturated carbocycles. The molecule has 2 saturated heterocycles. The summed E-state index contributed by atoms with van der Waals surface area (Å²) in [6.45, 7) is 11.0. The van der Waals surface area contributed by atoms with E-state index in [9.17, 15) is 19.2 Å². The molecule has 0 spiro atoms. The minimum absolute atomic E-state index is 0.121. The van der Waals surface area contributed by atoms with Crippen LogP contribution in [0.15, 0.2) is 22.3 Å². The van der Waals surface area contributed by atoms with Gasteiger partial charge in [0.2, 0.25) is 6.29 Å². The van der Waals surface area contributed by atoms with Crippen molar-refractivity contribution >= 4 is 23.7 Å². The highest BCUT2D eigenvalue weighted by atomic mass is 16.7. The quantitative estimate of drug-likeness (QED) is 0.326. The molecule has 0 N–H and O–H groups in total. The van der Waals surface area contributed by atoms with Crippen molar-refractivity contribution < 1.29 is 38.1 Å². The molecule has 2 aliphatic carbocycles. The van der Waals surface area contributed by atoms with Crippen molar-refractivity contribution in [2.75, 3.05) is 7.11 Å². The van der Waals surface area contributed by atoms with Gasteiger partial charge in [-0.1, -0.05) is 12.5 Å². The Morgan fingerprint density at radius 1 is 1.09 bits per heavy atom. The van der Waals surface area contributed by atoms with Gasteiger partial charge in [-0.3, -0.25) is 19.2 Å². The Hall–Kier alpha value is -2.48. The van der Waals surface area contributed by atoms with Gasteiger partial charge in [-0.15, -0.1) is 0 Å². The lowest BCUT2D eigenvalue weighted by Crippen LogP contribution is -2.70. The number of hydrogen-bond acceptors (Lipinski definition) is 8. The van der Waals surface area contributed by atoms with Crippen LogP contribution in [-0.4, -0.2) is 48.8 Å². The van der Waals surface area contributed by atoms with E-state index in [2.05, 4.69) is 0 Å². The molecule has 0 aromatic rings. The smallest absolute Gasteiger partial charge is 0.320 e. The Morgan fingerprint density at radius 2 is 1.76 bits per heavy atom. The molecule has 3 heterocycles. The van der Waals surface area contributed by atoms with Gasteiger partial charge in [0.05, 0.1) is 24.9 Å². The molecule has 0 unspecified atom stereocenters. The molecule has 0 bridgehead atoms. The van der Waals surface area contributed by atoms with E-state index < -0.39 is 52.1 Å². The van der Waals surface area contributed by atoms with E-state index in [4.69, 9.17) is 18.9 Å². The lowest BCUT2D eigenvalue weighted by molar-refractivity contribution is -0.240. The topological polar surface area (TPSA) is 105 Å². The SMILES string of the molecule is COC(=O)[C@]12C(=O)[C@@H](C)O[C@@H]3OC(=O)[C@](C)(CC4=C(C)C5=C(CC[C@@]41C)C(C)(C)OC(=O)C5)[C@@H]32. The molecular weight excluding hydrogens is 440 g/mol. The van der Waals surface area contributed by atoms with Gasteiger partial charge in [0.25, 0.3) is 0 Å². The molecule has 3 fully saturated rings. The van der Waals surface area contributed by atoms with Crippen LogP contribution < -0.4 is 0 Å². The van der Waals surface area contributed by atoms with Crippen LogP contribution in [0, 0.1) is 22.2 Å². The Labute approximate surface area is 199 Å². The van der Waals surface area contributed by atoms with E-state index >= 15 is 0 Å². The molecule has 0 aromatic carbocycles. The first-order valence-electron chi connectivity index (χ1n) is 11.9. The van der Waals surface area contributed by atoms with E-state index in [1.165, 1.54) is 7.11 Å². The number of ether oxygens (including phenoxy) is 4. The van der Waals surface area contributed by atoms with Crippen molar-refractivity contribution in [2.45, 2.75) is 85.2 Å². The zero-order valence-corrected chi connectivity index (χ0v) is 20.8. The van der Waals surface area contributed by atoms with E-state index in [1.54, 1.807) is 13.8 Å². The number of hydrogen-bond donors (Lipinski definition) is 0. The Morgan fingerprint density at radius 3 is 2.41 bits per heavy atom. The van der Waals surface area contributed by atoms with Gasteiger partial charge in [0, 0.05) is 5.41 Å². The number of Topliss-reactive ketones (excluding diaryl/α,β-unsaturated/α-hetero) is 1. The number of rotatable bonds is 1. The van der Waals surface area contributed by atoms with Crippen LogP contribution in [-0.2, 0) is 38.1 Å². The number of carbonyl (C=O) groups excluding carboxylic acids is 4. The van der Waals surface area contributed by atoms with Gasteiger partial charge in [-0.05, 0) is 70.6 Å². The van der Waals surface area contributed by atoms with Crippen molar-refractivity contribution in [3.8, 4) is 0 Å². The fourth-order valence-electron chi connectivity index (χ4n) is 7.73. The second kappa shape index (κ2) is 6.80. The normalized spacial score (nSPS) is 42.8. The van der Waals surface area contributed by atoms with Crippen molar-refractivity contribution in [3.05, 3.63) is 22.3 Å². The van der Waals surface area contributed by atoms with Gasteiger partial charge >= 0.3 is 17.9 Å². The number of carbonyl (C=O) groups is 4. The molecule has 5 aliphatic rings. The van der Waals surface area contributed by atoms with E-state index in [1.807, 2.05) is 27.7 Å². The summed E-state index contributed by atoms with van der Waals surface area (Å²) in [5.41, 5.74) is -1.01. The average molecular weight is 473 g/mol. The first kappa shape index (κ1) is 23.3. The summed E-state index contributed by atoms with van der Waals surface area (Å²) < 4.78 is 22.5. The second-order valence-corrected chi connectivity index (χ2v) is 11.3. The fourth-order valence-corrected chi connectivity index (χ4v) is 7.73. The molecule has 0 aromatic heterocycles. The molecule has 5 rings (SSSR count). The number of cyclic esters (lactones) is 1. The predicted octanol–water partition coefficient (Wildman–Crippen LogP) is 3.18. The third-order valence-electron chi connectivity index (χ3n) is 9.36. The summed E-state index contributed by atoms with van der Waals surface area (Å²) in [6.07, 6.45) is -0.520. The molecule has 184 valence electrons. The summed E-state index contributed by atoms with van der Waals surface area (Å²) in [5.74, 6) is -2.66. The molecule has 0 amide bonds. The minimum atomic E-state index is -1.66. The van der Waals surface area contributed by atoms with Crippen LogP contribution in [0.2, 0.25) is 0 Å². The highest BCUT2D eigenvalue weighted by molar-refractivity contribution is 6.09. The van der Waals surface area contributed by atoms with Gasteiger partial charge in [-0.25, -0.2) is 0 Å². The molecule has 8 nitrogen and oxygen atoms in total. The lowest BCUT2D eigenvalue weighted by Gasteiger charge is -2.60. The minimum Gasteiger partial charge on any atom is -0.468 e. The first-order chi connectivity index (χ1) is 15.8. The Kier molecular flexibility index (Phi) is 4.66. The Bertz CT molecular complexity index is 1110. The predicted molar refractivity (Wildman–Crippen MR) is 118 cm³/mol. The van der Waals surface area contributed by atoms with Gasteiger partial charge in [-0.2, -0.15) is 0 Å². The highest BCUT2D eigenvalue weighted by Crippen LogP contribution is 2.71. The number of ketones is 1. The maximum atomic E-state index is 14.1. The number of fused-ring (bicyclic) bond motifs is 2. The van der Waals surface area contributed by atoms with Gasteiger partial charge in [0.1, 0.15) is 17.1 Å². The van der Waals surface area contributed by atoms with Crippen molar-refractivity contribution in [1.29, 1.82) is 0 Å².